The molecule has 0 unspecified atom stereocenters. The van der Waals surface area contributed by atoms with Gasteiger partial charge in [-0.1, -0.05) is 30.3 Å². The van der Waals surface area contributed by atoms with Crippen LogP contribution in [0, 0.1) is 0 Å². The fraction of sp³-hybridized carbons (Fsp3) is 0.133. The van der Waals surface area contributed by atoms with Gasteiger partial charge in [0.15, 0.2) is 0 Å². The van der Waals surface area contributed by atoms with Crippen LogP contribution in [0.4, 0.5) is 11.4 Å². The summed E-state index contributed by atoms with van der Waals surface area (Å²) in [5.41, 5.74) is 3.10. The molecule has 0 atom stereocenters. The predicted octanol–water partition coefficient (Wildman–Crippen LogP) is 3.26. The summed E-state index contributed by atoms with van der Waals surface area (Å²) in [4.78, 5) is 10.9. The van der Waals surface area contributed by atoms with E-state index in [2.05, 4.69) is 10.6 Å². The molecule has 0 spiro atoms. The molecule has 0 radical (unpaired) electrons. The summed E-state index contributed by atoms with van der Waals surface area (Å²) in [6.07, 6.45) is 0. The minimum Gasteiger partial charge on any atom is -0.381 e. The van der Waals surface area contributed by atoms with Crippen molar-refractivity contribution in [3.8, 4) is 0 Å². The first-order chi connectivity index (χ1) is 8.74. The number of para-hydroxylation sites is 1. The average molecular weight is 240 g/mol. The largest absolute Gasteiger partial charge is 0.381 e. The molecule has 2 rings (SSSR count). The van der Waals surface area contributed by atoms with Gasteiger partial charge in [-0.2, -0.15) is 0 Å². The third kappa shape index (κ3) is 3.63. The maximum absolute atomic E-state index is 10.9. The molecule has 0 aliphatic heterocycles. The number of benzene rings is 2. The van der Waals surface area contributed by atoms with Gasteiger partial charge < -0.3 is 10.6 Å². The smallest absolute Gasteiger partial charge is 0.221 e. The summed E-state index contributed by atoms with van der Waals surface area (Å²) >= 11 is 0. The molecule has 2 N–H and O–H groups in total. The van der Waals surface area contributed by atoms with E-state index in [0.29, 0.717) is 0 Å². The maximum atomic E-state index is 10.9. The van der Waals surface area contributed by atoms with Crippen molar-refractivity contribution in [1.29, 1.82) is 0 Å². The van der Waals surface area contributed by atoms with Gasteiger partial charge in [-0.25, -0.2) is 0 Å². The molecule has 2 aromatic rings. The summed E-state index contributed by atoms with van der Waals surface area (Å²) in [6.45, 7) is 2.27. The molecule has 3 nitrogen and oxygen atoms in total. The highest BCUT2D eigenvalue weighted by molar-refractivity contribution is 5.88. The Morgan fingerprint density at radius 2 is 1.61 bits per heavy atom. The van der Waals surface area contributed by atoms with Crippen molar-refractivity contribution in [2.45, 2.75) is 13.5 Å². The molecule has 3 heteroatoms. The molecule has 0 bridgehead atoms. The molecule has 18 heavy (non-hydrogen) atoms. The quantitative estimate of drug-likeness (QED) is 0.861. The molecule has 0 saturated heterocycles. The van der Waals surface area contributed by atoms with Crippen molar-refractivity contribution < 1.29 is 4.79 Å². The molecule has 0 saturated carbocycles. The number of amides is 1. The normalized spacial score (nSPS) is 9.83. The summed E-state index contributed by atoms with van der Waals surface area (Å²) in [5.74, 6) is -0.0508. The van der Waals surface area contributed by atoms with E-state index < -0.39 is 0 Å². The van der Waals surface area contributed by atoms with Crippen LogP contribution in [0.2, 0.25) is 0 Å². The Hall–Kier alpha value is -2.29. The minimum atomic E-state index is -0.0508. The molecule has 0 fully saturated rings. The van der Waals surface area contributed by atoms with Crippen molar-refractivity contribution in [3.63, 3.8) is 0 Å². The second-order valence-electron chi connectivity index (χ2n) is 4.10. The second-order valence-corrected chi connectivity index (χ2v) is 4.10. The highest BCUT2D eigenvalue weighted by atomic mass is 16.1. The Morgan fingerprint density at radius 3 is 2.22 bits per heavy atom. The van der Waals surface area contributed by atoms with E-state index >= 15 is 0 Å². The summed E-state index contributed by atoms with van der Waals surface area (Å²) < 4.78 is 0. The third-order valence-electron chi connectivity index (χ3n) is 2.54. The minimum absolute atomic E-state index is 0.0508. The molecule has 0 aromatic heterocycles. The molecular weight excluding hydrogens is 224 g/mol. The first kappa shape index (κ1) is 12.2. The van der Waals surface area contributed by atoms with Crippen molar-refractivity contribution in [2.75, 3.05) is 10.6 Å². The molecule has 92 valence electrons. The van der Waals surface area contributed by atoms with Crippen LogP contribution in [0.3, 0.4) is 0 Å². The lowest BCUT2D eigenvalue weighted by Crippen LogP contribution is -2.06. The zero-order chi connectivity index (χ0) is 12.8. The number of rotatable bonds is 4. The predicted molar refractivity (Wildman–Crippen MR) is 74.5 cm³/mol. The highest BCUT2D eigenvalue weighted by Gasteiger charge is 1.96. The van der Waals surface area contributed by atoms with Crippen LogP contribution < -0.4 is 10.6 Å². The molecule has 0 aliphatic rings. The number of hydrogen-bond donors (Lipinski definition) is 2. The van der Waals surface area contributed by atoms with Gasteiger partial charge in [-0.3, -0.25) is 4.79 Å². The maximum Gasteiger partial charge on any atom is 0.221 e. The van der Waals surface area contributed by atoms with E-state index in [0.717, 1.165) is 17.9 Å². The van der Waals surface area contributed by atoms with Crippen molar-refractivity contribution in [3.05, 3.63) is 60.2 Å². The Morgan fingerprint density at radius 1 is 0.944 bits per heavy atom. The standard InChI is InChI=1S/C15H16N2O/c1-12(18)17-15-9-7-13(8-10-15)11-16-14-5-3-2-4-6-14/h2-10,16H,11H2,1H3,(H,17,18). The van der Waals surface area contributed by atoms with E-state index in [1.807, 2.05) is 54.6 Å². The third-order valence-corrected chi connectivity index (χ3v) is 2.54. The van der Waals surface area contributed by atoms with E-state index in [4.69, 9.17) is 0 Å². The van der Waals surface area contributed by atoms with Gasteiger partial charge in [-0.15, -0.1) is 0 Å². The van der Waals surface area contributed by atoms with Crippen LogP contribution in [0.15, 0.2) is 54.6 Å². The Labute approximate surface area is 107 Å². The van der Waals surface area contributed by atoms with Crippen LogP contribution >= 0.6 is 0 Å². The van der Waals surface area contributed by atoms with Crippen LogP contribution in [0.25, 0.3) is 0 Å². The molecule has 2 aromatic carbocycles. The molecule has 0 aliphatic carbocycles. The lowest BCUT2D eigenvalue weighted by molar-refractivity contribution is -0.114. The number of hydrogen-bond acceptors (Lipinski definition) is 2. The van der Waals surface area contributed by atoms with Gasteiger partial charge in [0.25, 0.3) is 0 Å². The zero-order valence-corrected chi connectivity index (χ0v) is 10.3. The Balaban J connectivity index is 1.92. The monoisotopic (exact) mass is 240 g/mol. The van der Waals surface area contributed by atoms with E-state index in [-0.39, 0.29) is 5.91 Å². The van der Waals surface area contributed by atoms with Crippen LogP contribution in [0.1, 0.15) is 12.5 Å². The van der Waals surface area contributed by atoms with Crippen LogP contribution in [-0.4, -0.2) is 5.91 Å². The van der Waals surface area contributed by atoms with E-state index in [1.165, 1.54) is 12.5 Å². The highest BCUT2D eigenvalue weighted by Crippen LogP contribution is 2.12. The zero-order valence-electron chi connectivity index (χ0n) is 10.3. The molecule has 0 heterocycles. The number of anilines is 2. The summed E-state index contributed by atoms with van der Waals surface area (Å²) in [5, 5.41) is 6.08. The van der Waals surface area contributed by atoms with Crippen molar-refractivity contribution >= 4 is 17.3 Å². The first-order valence-electron chi connectivity index (χ1n) is 5.89. The van der Waals surface area contributed by atoms with Crippen molar-refractivity contribution in [2.24, 2.45) is 0 Å². The fourth-order valence-corrected chi connectivity index (χ4v) is 1.67. The van der Waals surface area contributed by atoms with Crippen LogP contribution in [0.5, 0.6) is 0 Å². The lowest BCUT2D eigenvalue weighted by Gasteiger charge is -2.07. The Kier molecular flexibility index (Phi) is 3.97. The van der Waals surface area contributed by atoms with E-state index in [1.54, 1.807) is 0 Å². The lowest BCUT2D eigenvalue weighted by atomic mass is 10.2. The summed E-state index contributed by atoms with van der Waals surface area (Å²) in [6, 6.07) is 17.9. The molecule has 1 amide bonds. The number of carbonyl (C=O) groups excluding carboxylic acids is 1. The van der Waals surface area contributed by atoms with Gasteiger partial charge >= 0.3 is 0 Å². The van der Waals surface area contributed by atoms with Crippen LogP contribution in [-0.2, 0) is 11.3 Å². The number of nitrogens with one attached hydrogen (secondary N) is 2. The van der Waals surface area contributed by atoms with Gasteiger partial charge in [-0.05, 0) is 29.8 Å². The molecular formula is C15H16N2O. The topological polar surface area (TPSA) is 41.1 Å². The van der Waals surface area contributed by atoms with Gasteiger partial charge in [0.1, 0.15) is 0 Å². The second kappa shape index (κ2) is 5.87. The SMILES string of the molecule is CC(=O)Nc1ccc(CNc2ccccc2)cc1. The fourth-order valence-electron chi connectivity index (χ4n) is 1.67. The summed E-state index contributed by atoms with van der Waals surface area (Å²) in [7, 11) is 0. The van der Waals surface area contributed by atoms with E-state index in [9.17, 15) is 4.79 Å². The van der Waals surface area contributed by atoms with Gasteiger partial charge in [0.2, 0.25) is 5.91 Å². The first-order valence-corrected chi connectivity index (χ1v) is 5.89. The Bertz CT molecular complexity index is 506. The van der Waals surface area contributed by atoms with Gasteiger partial charge in [0, 0.05) is 24.8 Å². The number of carbonyl (C=O) groups is 1. The van der Waals surface area contributed by atoms with Crippen molar-refractivity contribution in [1.82, 2.24) is 0 Å². The average Bonchev–Trinajstić information content (AvgIpc) is 2.38. The van der Waals surface area contributed by atoms with Gasteiger partial charge in [0.05, 0.1) is 0 Å².